The molecule has 0 unspecified atom stereocenters. The number of benzene rings is 3. The van der Waals surface area contributed by atoms with Gasteiger partial charge in [0.25, 0.3) is 0 Å². The molecule has 0 aliphatic carbocycles. The summed E-state index contributed by atoms with van der Waals surface area (Å²) in [6.07, 6.45) is 0. The van der Waals surface area contributed by atoms with Crippen molar-refractivity contribution in [1.82, 2.24) is 0 Å². The number of hydrogen-bond donors (Lipinski definition) is 0. The molecule has 0 N–H and O–H groups in total. The van der Waals surface area contributed by atoms with Crippen LogP contribution in [0.15, 0.2) is 45.3 Å². The van der Waals surface area contributed by atoms with Gasteiger partial charge in [-0.3, -0.25) is 0 Å². The molecule has 0 bridgehead atoms. The molecule has 0 atom stereocenters. The van der Waals surface area contributed by atoms with Crippen LogP contribution < -0.4 is 0 Å². The molecule has 4 heteroatoms. The highest BCUT2D eigenvalue weighted by Crippen LogP contribution is 2.38. The number of hydrogen-bond acceptors (Lipinski definition) is 0. The third-order valence-corrected chi connectivity index (χ3v) is 5.07. The maximum absolute atomic E-state index is 6.36. The molecule has 90 valence electrons. The van der Waals surface area contributed by atoms with Crippen molar-refractivity contribution in [3.63, 3.8) is 0 Å². The summed E-state index contributed by atoms with van der Waals surface area (Å²) in [6, 6.07) is 12.0. The summed E-state index contributed by atoms with van der Waals surface area (Å²) < 4.78 is 1.88. The molecule has 3 aromatic rings. The molecule has 0 amide bonds. The molecule has 0 nitrogen and oxygen atoms in total. The van der Waals surface area contributed by atoms with Crippen molar-refractivity contribution in [3.8, 4) is 0 Å². The van der Waals surface area contributed by atoms with Crippen LogP contribution in [-0.2, 0) is 0 Å². The lowest BCUT2D eigenvalue weighted by Crippen LogP contribution is -1.82. The van der Waals surface area contributed by atoms with Gasteiger partial charge in [0.1, 0.15) is 0 Å². The topological polar surface area (TPSA) is 0 Å². The minimum Gasteiger partial charge on any atom is -0.0836 e. The zero-order valence-corrected chi connectivity index (χ0v) is 13.7. The first-order valence-electron chi connectivity index (χ1n) is 5.23. The van der Waals surface area contributed by atoms with Crippen LogP contribution in [0.1, 0.15) is 0 Å². The van der Waals surface area contributed by atoms with Gasteiger partial charge in [0, 0.05) is 14.3 Å². The average molecular weight is 405 g/mol. The lowest BCUT2D eigenvalue weighted by molar-refractivity contribution is 1.70. The van der Waals surface area contributed by atoms with Gasteiger partial charge >= 0.3 is 0 Å². The quantitative estimate of drug-likeness (QED) is 0.360. The smallest absolute Gasteiger partial charge is 0.0554 e. The first-order chi connectivity index (χ1) is 8.58. The minimum absolute atomic E-state index is 0.704. The first-order valence-corrected chi connectivity index (χ1v) is 7.57. The zero-order valence-electron chi connectivity index (χ0n) is 8.98. The molecule has 3 aromatic carbocycles. The molecule has 0 aliphatic heterocycles. The van der Waals surface area contributed by atoms with Crippen LogP contribution in [-0.4, -0.2) is 0 Å². The Hall–Kier alpha value is -0.280. The first kappa shape index (κ1) is 12.7. The van der Waals surface area contributed by atoms with Crippen molar-refractivity contribution >= 4 is 76.6 Å². The molecular weight excluding hydrogens is 399 g/mol. The van der Waals surface area contributed by atoms with Crippen LogP contribution >= 0.6 is 55.1 Å². The highest BCUT2D eigenvalue weighted by atomic mass is 79.9. The molecule has 0 saturated carbocycles. The van der Waals surface area contributed by atoms with Gasteiger partial charge in [0.2, 0.25) is 0 Å². The Labute approximate surface area is 131 Å². The maximum atomic E-state index is 6.36. The van der Waals surface area contributed by atoms with E-state index in [2.05, 4.69) is 50.1 Å². The largest absolute Gasteiger partial charge is 0.0836 e. The van der Waals surface area contributed by atoms with Gasteiger partial charge in [-0.2, -0.15) is 0 Å². The van der Waals surface area contributed by atoms with Crippen molar-refractivity contribution in [2.75, 3.05) is 0 Å². The number of fused-ring (bicyclic) bond motifs is 3. The lowest BCUT2D eigenvalue weighted by atomic mass is 10.0. The SMILES string of the molecule is Clc1ccc2c(ccc3cc(Br)cc(Cl)c32)c1Br. The van der Waals surface area contributed by atoms with Crippen molar-refractivity contribution in [2.45, 2.75) is 0 Å². The summed E-state index contributed by atoms with van der Waals surface area (Å²) in [4.78, 5) is 0. The van der Waals surface area contributed by atoms with E-state index in [1.54, 1.807) is 0 Å². The molecule has 0 fully saturated rings. The molecule has 18 heavy (non-hydrogen) atoms. The van der Waals surface area contributed by atoms with Crippen LogP contribution in [0, 0.1) is 0 Å². The zero-order chi connectivity index (χ0) is 12.9. The lowest BCUT2D eigenvalue weighted by Gasteiger charge is -2.09. The molecule has 3 rings (SSSR count). The van der Waals surface area contributed by atoms with Crippen molar-refractivity contribution in [3.05, 3.63) is 55.4 Å². The molecular formula is C14H6Br2Cl2. The molecule has 0 saturated heterocycles. The van der Waals surface area contributed by atoms with Gasteiger partial charge in [0.05, 0.1) is 10.0 Å². The Morgan fingerprint density at radius 3 is 2.28 bits per heavy atom. The standard InChI is InChI=1S/C14H6Br2Cl2/c15-8-5-7-1-2-10-9(13(7)12(18)6-8)3-4-11(17)14(10)16/h1-6H. The van der Waals surface area contributed by atoms with E-state index in [9.17, 15) is 0 Å². The monoisotopic (exact) mass is 402 g/mol. The fraction of sp³-hybridized carbons (Fsp3) is 0. The molecule has 0 aromatic heterocycles. The predicted octanol–water partition coefficient (Wildman–Crippen LogP) is 6.82. The van der Waals surface area contributed by atoms with E-state index in [4.69, 9.17) is 23.2 Å². The summed E-state index contributed by atoms with van der Waals surface area (Å²) in [5.41, 5.74) is 0. The van der Waals surface area contributed by atoms with E-state index in [1.807, 2.05) is 18.2 Å². The second-order valence-electron chi connectivity index (χ2n) is 4.01. The van der Waals surface area contributed by atoms with Crippen LogP contribution in [0.25, 0.3) is 21.5 Å². The van der Waals surface area contributed by atoms with Crippen LogP contribution in [0.3, 0.4) is 0 Å². The molecule has 0 radical (unpaired) electrons. The van der Waals surface area contributed by atoms with E-state index >= 15 is 0 Å². The summed E-state index contributed by atoms with van der Waals surface area (Å²) in [5.74, 6) is 0. The Morgan fingerprint density at radius 2 is 1.50 bits per heavy atom. The Balaban J connectivity index is 2.58. The third-order valence-electron chi connectivity index (χ3n) is 2.92. The maximum Gasteiger partial charge on any atom is 0.0554 e. The van der Waals surface area contributed by atoms with Crippen molar-refractivity contribution in [1.29, 1.82) is 0 Å². The highest BCUT2D eigenvalue weighted by Gasteiger charge is 2.09. The van der Waals surface area contributed by atoms with E-state index in [-0.39, 0.29) is 0 Å². The van der Waals surface area contributed by atoms with Gasteiger partial charge in [-0.15, -0.1) is 0 Å². The number of rotatable bonds is 0. The van der Waals surface area contributed by atoms with E-state index in [0.717, 1.165) is 35.5 Å². The summed E-state index contributed by atoms with van der Waals surface area (Å²) in [7, 11) is 0. The fourth-order valence-corrected chi connectivity index (χ4v) is 3.71. The van der Waals surface area contributed by atoms with Crippen LogP contribution in [0.2, 0.25) is 10.0 Å². The third kappa shape index (κ3) is 1.96. The normalized spacial score (nSPS) is 11.3. The second-order valence-corrected chi connectivity index (χ2v) is 6.53. The summed E-state index contributed by atoms with van der Waals surface area (Å²) >= 11 is 19.5. The van der Waals surface area contributed by atoms with Gasteiger partial charge in [0.15, 0.2) is 0 Å². The van der Waals surface area contributed by atoms with E-state index in [0.29, 0.717) is 5.02 Å². The second kappa shape index (κ2) is 4.68. The van der Waals surface area contributed by atoms with Crippen LogP contribution in [0.5, 0.6) is 0 Å². The molecule has 0 heterocycles. The Morgan fingerprint density at radius 1 is 0.778 bits per heavy atom. The van der Waals surface area contributed by atoms with Gasteiger partial charge < -0.3 is 0 Å². The molecule has 0 spiro atoms. The van der Waals surface area contributed by atoms with Gasteiger partial charge in [-0.1, -0.05) is 57.3 Å². The fourth-order valence-electron chi connectivity index (χ4n) is 2.13. The Bertz CT molecular complexity index is 782. The minimum atomic E-state index is 0.704. The summed E-state index contributed by atoms with van der Waals surface area (Å²) in [5, 5.41) is 5.76. The average Bonchev–Trinajstić information content (AvgIpc) is 2.32. The van der Waals surface area contributed by atoms with E-state index < -0.39 is 0 Å². The van der Waals surface area contributed by atoms with Gasteiger partial charge in [-0.25, -0.2) is 0 Å². The molecule has 0 aliphatic rings. The van der Waals surface area contributed by atoms with Crippen molar-refractivity contribution in [2.24, 2.45) is 0 Å². The van der Waals surface area contributed by atoms with E-state index in [1.165, 1.54) is 0 Å². The van der Waals surface area contributed by atoms with Crippen LogP contribution in [0.4, 0.5) is 0 Å². The van der Waals surface area contributed by atoms with Crippen molar-refractivity contribution < 1.29 is 0 Å². The Kier molecular flexibility index (Phi) is 3.31. The number of halogens is 4. The van der Waals surface area contributed by atoms with Gasteiger partial charge in [-0.05, 0) is 50.3 Å². The highest BCUT2D eigenvalue weighted by molar-refractivity contribution is 9.11. The predicted molar refractivity (Wildman–Crippen MR) is 86.9 cm³/mol. The summed E-state index contributed by atoms with van der Waals surface area (Å²) in [6.45, 7) is 0.